The van der Waals surface area contributed by atoms with Crippen LogP contribution in [-0.2, 0) is 20.8 Å². The first-order chi connectivity index (χ1) is 15.0. The average molecular weight is 443 g/mol. The number of likely N-dealkylation sites (N-methyl/N-ethyl adjacent to an activating group) is 1. The lowest BCUT2D eigenvalue weighted by Gasteiger charge is -2.24. The Kier molecular flexibility index (Phi) is 7.77. The fourth-order valence-electron chi connectivity index (χ4n) is 3.59. The summed E-state index contributed by atoms with van der Waals surface area (Å²) in [6, 6.07) is 11.5. The standard InChI is InChI=1S/C22H26N4O4S/c1-23-21(29)17-9-5-11-26(17)19(27)14-24-20(28)16(13-15-7-3-2-4-8-15)25-22(30)18-10-6-12-31-18/h2-4,6-8,10,12,16-17H,5,9,11,13-14H2,1H3,(H,23,29)(H,24,28)(H,25,30). The Morgan fingerprint density at radius 1 is 1.13 bits per heavy atom. The zero-order chi connectivity index (χ0) is 22.2. The van der Waals surface area contributed by atoms with E-state index >= 15 is 0 Å². The summed E-state index contributed by atoms with van der Waals surface area (Å²) in [5, 5.41) is 9.76. The Morgan fingerprint density at radius 3 is 2.58 bits per heavy atom. The van der Waals surface area contributed by atoms with Gasteiger partial charge in [0, 0.05) is 20.0 Å². The van der Waals surface area contributed by atoms with Crippen molar-refractivity contribution in [3.05, 3.63) is 58.3 Å². The molecule has 164 valence electrons. The molecule has 0 saturated carbocycles. The van der Waals surface area contributed by atoms with Gasteiger partial charge in [-0.1, -0.05) is 36.4 Å². The highest BCUT2D eigenvalue weighted by Crippen LogP contribution is 2.17. The maximum absolute atomic E-state index is 12.9. The van der Waals surface area contributed by atoms with Crippen molar-refractivity contribution in [1.29, 1.82) is 0 Å². The minimum Gasteiger partial charge on any atom is -0.357 e. The Morgan fingerprint density at radius 2 is 1.90 bits per heavy atom. The number of amides is 4. The van der Waals surface area contributed by atoms with Crippen LogP contribution in [-0.4, -0.2) is 60.7 Å². The number of benzene rings is 1. The van der Waals surface area contributed by atoms with E-state index in [1.54, 1.807) is 17.5 Å². The van der Waals surface area contributed by atoms with E-state index in [2.05, 4.69) is 16.0 Å². The zero-order valence-electron chi connectivity index (χ0n) is 17.3. The summed E-state index contributed by atoms with van der Waals surface area (Å²) in [5.74, 6) is -1.31. The highest BCUT2D eigenvalue weighted by Gasteiger charge is 2.33. The normalized spacial score (nSPS) is 16.4. The number of rotatable bonds is 8. The molecule has 1 aliphatic rings. The van der Waals surface area contributed by atoms with Crippen LogP contribution in [0, 0.1) is 0 Å². The van der Waals surface area contributed by atoms with Crippen LogP contribution < -0.4 is 16.0 Å². The zero-order valence-corrected chi connectivity index (χ0v) is 18.1. The number of carbonyl (C=O) groups is 4. The van der Waals surface area contributed by atoms with Gasteiger partial charge in [-0.05, 0) is 29.9 Å². The van der Waals surface area contributed by atoms with Crippen molar-refractivity contribution in [2.75, 3.05) is 20.1 Å². The SMILES string of the molecule is CNC(=O)C1CCCN1C(=O)CNC(=O)C(Cc1ccccc1)NC(=O)c1cccs1. The molecular weight excluding hydrogens is 416 g/mol. The van der Waals surface area contributed by atoms with Crippen LogP contribution in [0.2, 0.25) is 0 Å². The second-order valence-electron chi connectivity index (χ2n) is 7.27. The van der Waals surface area contributed by atoms with Gasteiger partial charge in [0.2, 0.25) is 17.7 Å². The second kappa shape index (κ2) is 10.7. The Bertz CT molecular complexity index is 917. The average Bonchev–Trinajstić information content (AvgIpc) is 3.49. The van der Waals surface area contributed by atoms with Gasteiger partial charge in [-0.15, -0.1) is 11.3 Å². The summed E-state index contributed by atoms with van der Waals surface area (Å²) in [6.45, 7) is 0.252. The molecule has 1 saturated heterocycles. The van der Waals surface area contributed by atoms with Gasteiger partial charge in [0.25, 0.3) is 5.91 Å². The molecule has 9 heteroatoms. The monoisotopic (exact) mass is 442 g/mol. The molecule has 1 fully saturated rings. The number of hydrogen-bond donors (Lipinski definition) is 3. The van der Waals surface area contributed by atoms with Gasteiger partial charge in [-0.3, -0.25) is 19.2 Å². The predicted octanol–water partition coefficient (Wildman–Crippen LogP) is 0.942. The lowest BCUT2D eigenvalue weighted by Crippen LogP contribution is -2.52. The molecule has 1 aromatic carbocycles. The van der Waals surface area contributed by atoms with Gasteiger partial charge in [-0.2, -0.15) is 0 Å². The minimum atomic E-state index is -0.835. The molecule has 31 heavy (non-hydrogen) atoms. The van der Waals surface area contributed by atoms with Crippen molar-refractivity contribution >= 4 is 35.0 Å². The molecule has 4 amide bonds. The molecule has 2 aromatic rings. The van der Waals surface area contributed by atoms with Crippen molar-refractivity contribution in [3.8, 4) is 0 Å². The summed E-state index contributed by atoms with van der Waals surface area (Å²) in [7, 11) is 1.54. The van der Waals surface area contributed by atoms with Crippen LogP contribution in [0.1, 0.15) is 28.1 Å². The fraction of sp³-hybridized carbons (Fsp3) is 0.364. The summed E-state index contributed by atoms with van der Waals surface area (Å²) in [5.41, 5.74) is 0.889. The van der Waals surface area contributed by atoms with Gasteiger partial charge in [-0.25, -0.2) is 0 Å². The maximum atomic E-state index is 12.9. The first-order valence-electron chi connectivity index (χ1n) is 10.2. The third-order valence-electron chi connectivity index (χ3n) is 5.19. The summed E-state index contributed by atoms with van der Waals surface area (Å²) < 4.78 is 0. The number of likely N-dealkylation sites (tertiary alicyclic amines) is 1. The van der Waals surface area contributed by atoms with Crippen molar-refractivity contribution in [2.24, 2.45) is 0 Å². The molecule has 0 aliphatic carbocycles. The van der Waals surface area contributed by atoms with E-state index in [4.69, 9.17) is 0 Å². The number of hydrogen-bond acceptors (Lipinski definition) is 5. The van der Waals surface area contributed by atoms with Crippen LogP contribution in [0.5, 0.6) is 0 Å². The van der Waals surface area contributed by atoms with E-state index in [9.17, 15) is 19.2 Å². The molecule has 2 atom stereocenters. The van der Waals surface area contributed by atoms with Crippen molar-refractivity contribution in [3.63, 3.8) is 0 Å². The molecule has 8 nitrogen and oxygen atoms in total. The first kappa shape index (κ1) is 22.5. The molecule has 1 aromatic heterocycles. The molecule has 0 spiro atoms. The number of thiophene rings is 1. The highest BCUT2D eigenvalue weighted by molar-refractivity contribution is 7.12. The van der Waals surface area contributed by atoms with E-state index in [0.29, 0.717) is 24.3 Å². The molecule has 0 bridgehead atoms. The van der Waals surface area contributed by atoms with E-state index < -0.39 is 18.0 Å². The largest absolute Gasteiger partial charge is 0.357 e. The van der Waals surface area contributed by atoms with Gasteiger partial charge in [0.15, 0.2) is 0 Å². The Hall–Kier alpha value is -3.20. The highest BCUT2D eigenvalue weighted by atomic mass is 32.1. The van der Waals surface area contributed by atoms with Gasteiger partial charge < -0.3 is 20.9 Å². The number of nitrogens with zero attached hydrogens (tertiary/aromatic N) is 1. The fourth-order valence-corrected chi connectivity index (χ4v) is 4.21. The van der Waals surface area contributed by atoms with Crippen LogP contribution in [0.4, 0.5) is 0 Å². The van der Waals surface area contributed by atoms with Crippen molar-refractivity contribution < 1.29 is 19.2 Å². The third-order valence-corrected chi connectivity index (χ3v) is 6.05. The summed E-state index contributed by atoms with van der Waals surface area (Å²) in [4.78, 5) is 52.0. The summed E-state index contributed by atoms with van der Waals surface area (Å²) >= 11 is 1.29. The molecule has 1 aliphatic heterocycles. The van der Waals surface area contributed by atoms with Crippen LogP contribution in [0.15, 0.2) is 47.8 Å². The lowest BCUT2D eigenvalue weighted by molar-refractivity contribution is -0.138. The number of nitrogens with one attached hydrogen (secondary N) is 3. The maximum Gasteiger partial charge on any atom is 0.262 e. The van der Waals surface area contributed by atoms with Crippen LogP contribution >= 0.6 is 11.3 Å². The molecule has 2 unspecified atom stereocenters. The second-order valence-corrected chi connectivity index (χ2v) is 8.22. The topological polar surface area (TPSA) is 108 Å². The van der Waals surface area contributed by atoms with E-state index in [0.717, 1.165) is 12.0 Å². The number of carbonyl (C=O) groups excluding carboxylic acids is 4. The minimum absolute atomic E-state index is 0.206. The van der Waals surface area contributed by atoms with Crippen molar-refractivity contribution in [1.82, 2.24) is 20.9 Å². The molecule has 0 radical (unpaired) electrons. The van der Waals surface area contributed by atoms with Gasteiger partial charge in [0.1, 0.15) is 12.1 Å². The predicted molar refractivity (Wildman–Crippen MR) is 118 cm³/mol. The molecule has 2 heterocycles. The van der Waals surface area contributed by atoms with Crippen LogP contribution in [0.25, 0.3) is 0 Å². The molecule has 3 rings (SSSR count). The van der Waals surface area contributed by atoms with Gasteiger partial charge in [0.05, 0.1) is 11.4 Å². The van der Waals surface area contributed by atoms with E-state index in [1.807, 2.05) is 30.3 Å². The lowest BCUT2D eigenvalue weighted by atomic mass is 10.1. The smallest absolute Gasteiger partial charge is 0.262 e. The Balaban J connectivity index is 1.64. The third kappa shape index (κ3) is 5.91. The van der Waals surface area contributed by atoms with Crippen LogP contribution in [0.3, 0.4) is 0 Å². The van der Waals surface area contributed by atoms with E-state index in [-0.39, 0.29) is 24.3 Å². The van der Waals surface area contributed by atoms with E-state index in [1.165, 1.54) is 23.3 Å². The summed E-state index contributed by atoms with van der Waals surface area (Å²) in [6.07, 6.45) is 1.64. The van der Waals surface area contributed by atoms with Crippen molar-refractivity contribution in [2.45, 2.75) is 31.3 Å². The quantitative estimate of drug-likeness (QED) is 0.566. The molecule has 3 N–H and O–H groups in total. The molecular formula is C22H26N4O4S. The Labute approximate surface area is 185 Å². The first-order valence-corrected chi connectivity index (χ1v) is 11.0. The van der Waals surface area contributed by atoms with Gasteiger partial charge >= 0.3 is 0 Å².